The van der Waals surface area contributed by atoms with Crippen molar-refractivity contribution in [2.75, 3.05) is 0 Å². The lowest BCUT2D eigenvalue weighted by Crippen LogP contribution is -2.33. The molecule has 0 spiro atoms. The first-order chi connectivity index (χ1) is 9.69. The van der Waals surface area contributed by atoms with Crippen LogP contribution in [0.5, 0.6) is 0 Å². The molecule has 1 saturated carbocycles. The minimum absolute atomic E-state index is 0.0878. The summed E-state index contributed by atoms with van der Waals surface area (Å²) >= 11 is 0. The van der Waals surface area contributed by atoms with Crippen molar-refractivity contribution < 1.29 is 9.21 Å². The van der Waals surface area contributed by atoms with Crippen molar-refractivity contribution in [1.29, 1.82) is 0 Å². The highest BCUT2D eigenvalue weighted by Gasteiger charge is 2.34. The Morgan fingerprint density at radius 3 is 2.90 bits per heavy atom. The van der Waals surface area contributed by atoms with Crippen molar-refractivity contribution in [3.63, 3.8) is 0 Å². The quantitative estimate of drug-likeness (QED) is 0.891. The molecule has 0 aliphatic heterocycles. The number of amides is 1. The number of nitrogens with zero attached hydrogens (tertiary/aromatic N) is 3. The molecule has 6 nitrogen and oxygen atoms in total. The van der Waals surface area contributed by atoms with Crippen molar-refractivity contribution in [3.8, 4) is 0 Å². The summed E-state index contributed by atoms with van der Waals surface area (Å²) in [6, 6.07) is 3.74. The van der Waals surface area contributed by atoms with E-state index >= 15 is 0 Å². The predicted octanol–water partition coefficient (Wildman–Crippen LogP) is 1.28. The van der Waals surface area contributed by atoms with Crippen LogP contribution in [0, 0.1) is 0 Å². The van der Waals surface area contributed by atoms with E-state index in [2.05, 4.69) is 4.98 Å². The van der Waals surface area contributed by atoms with Crippen LogP contribution < -0.4 is 5.73 Å². The number of hydrogen-bond acceptors (Lipinski definition) is 4. The monoisotopic (exact) mass is 274 g/mol. The fourth-order valence-electron chi connectivity index (χ4n) is 2.20. The first-order valence-electron chi connectivity index (χ1n) is 6.75. The highest BCUT2D eigenvalue weighted by Crippen LogP contribution is 2.29. The zero-order chi connectivity index (χ0) is 14.1. The predicted molar refractivity (Wildman–Crippen MR) is 72.7 cm³/mol. The molecular weight excluding hydrogens is 256 g/mol. The van der Waals surface area contributed by atoms with Crippen LogP contribution in [0.3, 0.4) is 0 Å². The summed E-state index contributed by atoms with van der Waals surface area (Å²) in [7, 11) is 1.93. The molecule has 2 heterocycles. The second-order valence-corrected chi connectivity index (χ2v) is 5.09. The van der Waals surface area contributed by atoms with Crippen LogP contribution in [0.4, 0.5) is 0 Å². The molecule has 0 aromatic carbocycles. The van der Waals surface area contributed by atoms with Gasteiger partial charge < -0.3 is 19.6 Å². The van der Waals surface area contributed by atoms with Gasteiger partial charge in [0.05, 0.1) is 13.1 Å². The molecule has 1 fully saturated rings. The second-order valence-electron chi connectivity index (χ2n) is 5.09. The summed E-state index contributed by atoms with van der Waals surface area (Å²) in [6.45, 7) is 0.807. The highest BCUT2D eigenvalue weighted by molar-refractivity contribution is 5.91. The van der Waals surface area contributed by atoms with Crippen molar-refractivity contribution >= 4 is 5.91 Å². The zero-order valence-corrected chi connectivity index (χ0v) is 11.5. The summed E-state index contributed by atoms with van der Waals surface area (Å²) < 4.78 is 7.39. The van der Waals surface area contributed by atoms with Crippen LogP contribution >= 0.6 is 0 Å². The lowest BCUT2D eigenvalue weighted by atomic mass is 10.3. The number of imidazole rings is 1. The molecule has 1 aliphatic rings. The maximum absolute atomic E-state index is 12.5. The van der Waals surface area contributed by atoms with Crippen LogP contribution in [0.1, 0.15) is 35.0 Å². The van der Waals surface area contributed by atoms with Gasteiger partial charge in [0.15, 0.2) is 5.76 Å². The molecule has 2 aromatic rings. The Bertz CT molecular complexity index is 612. The third-order valence-electron chi connectivity index (χ3n) is 3.55. The standard InChI is InChI=1S/C14H18N4O2/c1-17-7-6-16-13(17)9-18(10-2-3-10)14(19)12-5-4-11(8-15)20-12/h4-7,10H,2-3,8-9,15H2,1H3. The van der Waals surface area contributed by atoms with Crippen LogP contribution in [0.15, 0.2) is 28.9 Å². The third-order valence-corrected chi connectivity index (χ3v) is 3.55. The maximum atomic E-state index is 12.5. The van der Waals surface area contributed by atoms with Crippen LogP contribution in [0.25, 0.3) is 0 Å². The first-order valence-corrected chi connectivity index (χ1v) is 6.75. The van der Waals surface area contributed by atoms with Gasteiger partial charge in [-0.3, -0.25) is 4.79 Å². The Hall–Kier alpha value is -2.08. The number of aromatic nitrogens is 2. The molecule has 20 heavy (non-hydrogen) atoms. The van der Waals surface area contributed by atoms with E-state index in [9.17, 15) is 4.79 Å². The average Bonchev–Trinajstić information content (AvgIpc) is 3.03. The average molecular weight is 274 g/mol. The van der Waals surface area contributed by atoms with Crippen LogP contribution in [-0.2, 0) is 20.1 Å². The molecule has 0 saturated heterocycles. The van der Waals surface area contributed by atoms with Gasteiger partial charge in [0.2, 0.25) is 0 Å². The van der Waals surface area contributed by atoms with E-state index in [1.165, 1.54) is 0 Å². The second kappa shape index (κ2) is 5.13. The molecule has 0 bridgehead atoms. The Morgan fingerprint density at radius 2 is 2.35 bits per heavy atom. The fraction of sp³-hybridized carbons (Fsp3) is 0.429. The van der Waals surface area contributed by atoms with Gasteiger partial charge in [-0.05, 0) is 25.0 Å². The molecular formula is C14H18N4O2. The Balaban J connectivity index is 1.80. The van der Waals surface area contributed by atoms with Gasteiger partial charge in [-0.15, -0.1) is 0 Å². The number of nitrogens with two attached hydrogens (primary N) is 1. The summed E-state index contributed by atoms with van der Waals surface area (Å²) in [5, 5.41) is 0. The number of carbonyl (C=O) groups excluding carboxylic acids is 1. The van der Waals surface area contributed by atoms with Crippen LogP contribution in [0.2, 0.25) is 0 Å². The lowest BCUT2D eigenvalue weighted by molar-refractivity contribution is 0.0689. The molecule has 0 unspecified atom stereocenters. The molecule has 6 heteroatoms. The number of rotatable bonds is 5. The number of hydrogen-bond donors (Lipinski definition) is 1. The maximum Gasteiger partial charge on any atom is 0.290 e. The number of aryl methyl sites for hydroxylation is 1. The lowest BCUT2D eigenvalue weighted by Gasteiger charge is -2.20. The van der Waals surface area contributed by atoms with E-state index in [4.69, 9.17) is 10.2 Å². The molecule has 2 aromatic heterocycles. The van der Waals surface area contributed by atoms with E-state index in [-0.39, 0.29) is 5.91 Å². The molecule has 0 atom stereocenters. The topological polar surface area (TPSA) is 77.3 Å². The smallest absolute Gasteiger partial charge is 0.290 e. The van der Waals surface area contributed by atoms with E-state index < -0.39 is 0 Å². The van der Waals surface area contributed by atoms with Gasteiger partial charge in [-0.25, -0.2) is 4.98 Å². The first kappa shape index (κ1) is 12.9. The molecule has 0 radical (unpaired) electrons. The number of furan rings is 1. The fourth-order valence-corrected chi connectivity index (χ4v) is 2.20. The Labute approximate surface area is 117 Å². The van der Waals surface area contributed by atoms with E-state index in [1.54, 1.807) is 18.3 Å². The Morgan fingerprint density at radius 1 is 1.55 bits per heavy atom. The van der Waals surface area contributed by atoms with Gasteiger partial charge in [0, 0.05) is 25.5 Å². The van der Waals surface area contributed by atoms with Gasteiger partial charge in [-0.2, -0.15) is 0 Å². The normalized spacial score (nSPS) is 14.5. The van der Waals surface area contributed by atoms with Gasteiger partial charge >= 0.3 is 0 Å². The van der Waals surface area contributed by atoms with Crippen LogP contribution in [-0.4, -0.2) is 26.4 Å². The largest absolute Gasteiger partial charge is 0.455 e. The van der Waals surface area contributed by atoms with E-state index in [0.29, 0.717) is 30.7 Å². The van der Waals surface area contributed by atoms with Crippen molar-refractivity contribution in [1.82, 2.24) is 14.5 Å². The Kier molecular flexibility index (Phi) is 3.31. The molecule has 3 rings (SSSR count). The molecule has 2 N–H and O–H groups in total. The van der Waals surface area contributed by atoms with Gasteiger partial charge in [0.1, 0.15) is 11.6 Å². The third kappa shape index (κ3) is 2.46. The summed E-state index contributed by atoms with van der Waals surface area (Å²) in [4.78, 5) is 18.7. The molecule has 106 valence electrons. The van der Waals surface area contributed by atoms with Gasteiger partial charge in [-0.1, -0.05) is 0 Å². The van der Waals surface area contributed by atoms with Crippen molar-refractivity contribution in [2.24, 2.45) is 12.8 Å². The van der Waals surface area contributed by atoms with Crippen molar-refractivity contribution in [3.05, 3.63) is 41.9 Å². The number of carbonyl (C=O) groups is 1. The highest BCUT2D eigenvalue weighted by atomic mass is 16.4. The minimum atomic E-state index is -0.0878. The summed E-state index contributed by atoms with van der Waals surface area (Å²) in [5.74, 6) is 1.76. The molecule has 1 amide bonds. The zero-order valence-electron chi connectivity index (χ0n) is 11.5. The SMILES string of the molecule is Cn1ccnc1CN(C(=O)c1ccc(CN)o1)C1CC1. The molecule has 1 aliphatic carbocycles. The summed E-state index contributed by atoms with van der Waals surface area (Å²) in [5.41, 5.74) is 5.51. The van der Waals surface area contributed by atoms with Crippen molar-refractivity contribution in [2.45, 2.75) is 32.0 Å². The summed E-state index contributed by atoms with van der Waals surface area (Å²) in [6.07, 6.45) is 5.70. The minimum Gasteiger partial charge on any atom is -0.455 e. The van der Waals surface area contributed by atoms with Gasteiger partial charge in [0.25, 0.3) is 5.91 Å². The van der Waals surface area contributed by atoms with E-state index in [0.717, 1.165) is 18.7 Å². The van der Waals surface area contributed by atoms with E-state index in [1.807, 2.05) is 22.7 Å².